The minimum Gasteiger partial charge on any atom is -0.459 e. The highest BCUT2D eigenvalue weighted by Crippen LogP contribution is 2.41. The lowest BCUT2D eigenvalue weighted by Crippen LogP contribution is -2.47. The van der Waals surface area contributed by atoms with Crippen molar-refractivity contribution >= 4 is 5.97 Å². The van der Waals surface area contributed by atoms with E-state index in [0.29, 0.717) is 5.56 Å². The molecule has 2 fully saturated rings. The quantitative estimate of drug-likeness (QED) is 0.843. The third kappa shape index (κ3) is 3.50. The summed E-state index contributed by atoms with van der Waals surface area (Å²) in [6.45, 7) is 4.94. The van der Waals surface area contributed by atoms with Crippen molar-refractivity contribution in [3.8, 4) is 0 Å². The topological polar surface area (TPSA) is 49.8 Å². The first kappa shape index (κ1) is 17.4. The van der Waals surface area contributed by atoms with Crippen LogP contribution >= 0.6 is 0 Å². The van der Waals surface area contributed by atoms with Gasteiger partial charge in [-0.05, 0) is 44.3 Å². The molecule has 0 spiro atoms. The number of aliphatic hydroxyl groups is 1. The maximum absolute atomic E-state index is 13.0. The molecule has 1 saturated carbocycles. The van der Waals surface area contributed by atoms with Crippen molar-refractivity contribution in [2.45, 2.75) is 57.2 Å². The summed E-state index contributed by atoms with van der Waals surface area (Å²) in [6.07, 6.45) is 5.72. The van der Waals surface area contributed by atoms with Crippen LogP contribution < -0.4 is 0 Å². The first-order valence-corrected chi connectivity index (χ1v) is 9.36. The second-order valence-electron chi connectivity index (χ2n) is 7.18. The molecule has 1 aliphatic heterocycles. The number of nitrogens with zero attached hydrogens (tertiary/aromatic N) is 1. The van der Waals surface area contributed by atoms with E-state index in [1.54, 1.807) is 0 Å². The molecule has 2 atom stereocenters. The number of piperidine rings is 1. The number of likely N-dealkylation sites (N-methyl/N-ethyl adjacent to an activating group) is 1. The van der Waals surface area contributed by atoms with Crippen LogP contribution in [0.25, 0.3) is 0 Å². The summed E-state index contributed by atoms with van der Waals surface area (Å²) in [5.74, 6) is -0.498. The number of carbonyl (C=O) groups is 1. The predicted octanol–water partition coefficient (Wildman–Crippen LogP) is 3.09. The van der Waals surface area contributed by atoms with Crippen LogP contribution in [0, 0.1) is 5.92 Å². The Morgan fingerprint density at radius 1 is 1.21 bits per heavy atom. The van der Waals surface area contributed by atoms with Gasteiger partial charge in [0.2, 0.25) is 0 Å². The van der Waals surface area contributed by atoms with Crippen LogP contribution in [0.1, 0.15) is 51.0 Å². The maximum Gasteiger partial charge on any atom is 0.343 e. The van der Waals surface area contributed by atoms with Gasteiger partial charge in [-0.3, -0.25) is 4.90 Å². The highest BCUT2D eigenvalue weighted by atomic mass is 16.6. The molecule has 1 aromatic rings. The van der Waals surface area contributed by atoms with E-state index >= 15 is 0 Å². The zero-order chi connectivity index (χ0) is 17.0. The Morgan fingerprint density at radius 2 is 1.92 bits per heavy atom. The largest absolute Gasteiger partial charge is 0.459 e. The summed E-state index contributed by atoms with van der Waals surface area (Å²) >= 11 is 0. The number of carbonyl (C=O) groups excluding carboxylic acids is 1. The molecule has 24 heavy (non-hydrogen) atoms. The van der Waals surface area contributed by atoms with E-state index in [1.807, 2.05) is 30.3 Å². The van der Waals surface area contributed by atoms with Crippen LogP contribution in [0.5, 0.6) is 0 Å². The van der Waals surface area contributed by atoms with Crippen LogP contribution in [-0.2, 0) is 15.1 Å². The average molecular weight is 331 g/mol. The molecule has 1 N–H and O–H groups in total. The molecule has 1 aliphatic carbocycles. The summed E-state index contributed by atoms with van der Waals surface area (Å²) in [4.78, 5) is 15.3. The molecular weight excluding hydrogens is 302 g/mol. The SMILES string of the molecule is CCN1CCCC(OC(=O)C(O)(c2ccccc2)C2CCCC2)C1. The molecule has 4 heteroatoms. The van der Waals surface area contributed by atoms with Gasteiger partial charge >= 0.3 is 5.97 Å². The third-order valence-corrected chi connectivity index (χ3v) is 5.65. The third-order valence-electron chi connectivity index (χ3n) is 5.65. The standard InChI is InChI=1S/C20H29NO3/c1-2-21-14-8-13-18(15-21)24-19(22)20(23,17-11-6-7-12-17)16-9-4-3-5-10-16/h3-5,9-10,17-18,23H,2,6-8,11-15H2,1H3. The fourth-order valence-electron chi connectivity index (χ4n) is 4.19. The maximum atomic E-state index is 13.0. The van der Waals surface area contributed by atoms with Crippen molar-refractivity contribution in [1.29, 1.82) is 0 Å². The second kappa shape index (κ2) is 7.66. The van der Waals surface area contributed by atoms with E-state index in [1.165, 1.54) is 0 Å². The molecular formula is C20H29NO3. The van der Waals surface area contributed by atoms with Crippen molar-refractivity contribution in [3.63, 3.8) is 0 Å². The zero-order valence-electron chi connectivity index (χ0n) is 14.6. The van der Waals surface area contributed by atoms with Gasteiger partial charge < -0.3 is 9.84 Å². The lowest BCUT2D eigenvalue weighted by molar-refractivity contribution is -0.181. The monoisotopic (exact) mass is 331 g/mol. The summed E-state index contributed by atoms with van der Waals surface area (Å²) < 4.78 is 5.82. The van der Waals surface area contributed by atoms with Gasteiger partial charge in [0.1, 0.15) is 6.10 Å². The first-order chi connectivity index (χ1) is 11.6. The Labute approximate surface area is 144 Å². The number of hydrogen-bond donors (Lipinski definition) is 1. The van der Waals surface area contributed by atoms with Crippen molar-refractivity contribution in [2.24, 2.45) is 5.92 Å². The molecule has 2 unspecified atom stereocenters. The lowest BCUT2D eigenvalue weighted by atomic mass is 9.80. The van der Waals surface area contributed by atoms with Gasteiger partial charge in [0, 0.05) is 12.5 Å². The van der Waals surface area contributed by atoms with Crippen LogP contribution in [-0.4, -0.2) is 41.7 Å². The van der Waals surface area contributed by atoms with Crippen LogP contribution in [0.2, 0.25) is 0 Å². The highest BCUT2D eigenvalue weighted by Gasteiger charge is 2.48. The molecule has 1 aromatic carbocycles. The molecule has 0 aromatic heterocycles. The van der Waals surface area contributed by atoms with Crippen molar-refractivity contribution in [3.05, 3.63) is 35.9 Å². The van der Waals surface area contributed by atoms with Gasteiger partial charge in [-0.25, -0.2) is 4.79 Å². The molecule has 0 bridgehead atoms. The minimum absolute atomic E-state index is 0.0433. The van der Waals surface area contributed by atoms with E-state index in [-0.39, 0.29) is 12.0 Å². The van der Waals surface area contributed by atoms with Crippen LogP contribution in [0.3, 0.4) is 0 Å². The molecule has 0 radical (unpaired) electrons. The molecule has 1 heterocycles. The van der Waals surface area contributed by atoms with Crippen molar-refractivity contribution in [2.75, 3.05) is 19.6 Å². The Bertz CT molecular complexity index is 541. The predicted molar refractivity (Wildman–Crippen MR) is 93.5 cm³/mol. The molecule has 2 aliphatic rings. The van der Waals surface area contributed by atoms with Gasteiger partial charge in [-0.2, -0.15) is 0 Å². The summed E-state index contributed by atoms with van der Waals surface area (Å²) in [7, 11) is 0. The number of ether oxygens (including phenoxy) is 1. The number of hydrogen-bond acceptors (Lipinski definition) is 4. The van der Waals surface area contributed by atoms with Gasteiger partial charge in [-0.1, -0.05) is 50.1 Å². The van der Waals surface area contributed by atoms with Gasteiger partial charge in [0.05, 0.1) is 0 Å². The van der Waals surface area contributed by atoms with E-state index < -0.39 is 11.6 Å². The van der Waals surface area contributed by atoms with Gasteiger partial charge in [0.25, 0.3) is 0 Å². The fourth-order valence-corrected chi connectivity index (χ4v) is 4.19. The summed E-state index contributed by atoms with van der Waals surface area (Å²) in [5, 5.41) is 11.4. The smallest absolute Gasteiger partial charge is 0.343 e. The Morgan fingerprint density at radius 3 is 2.58 bits per heavy atom. The minimum atomic E-state index is -1.51. The highest BCUT2D eigenvalue weighted by molar-refractivity contribution is 5.81. The Kier molecular flexibility index (Phi) is 5.57. The van der Waals surface area contributed by atoms with E-state index in [0.717, 1.165) is 58.2 Å². The van der Waals surface area contributed by atoms with Crippen LogP contribution in [0.15, 0.2) is 30.3 Å². The summed E-state index contributed by atoms with van der Waals surface area (Å²) in [5.41, 5.74) is -0.836. The normalized spacial score (nSPS) is 25.3. The Hall–Kier alpha value is -1.39. The molecule has 3 rings (SSSR count). The number of esters is 1. The van der Waals surface area contributed by atoms with Gasteiger partial charge in [0.15, 0.2) is 5.60 Å². The molecule has 4 nitrogen and oxygen atoms in total. The Balaban J connectivity index is 1.79. The second-order valence-corrected chi connectivity index (χ2v) is 7.18. The number of benzene rings is 1. The van der Waals surface area contributed by atoms with Crippen LogP contribution in [0.4, 0.5) is 0 Å². The van der Waals surface area contributed by atoms with Crippen molar-refractivity contribution < 1.29 is 14.6 Å². The lowest BCUT2D eigenvalue weighted by Gasteiger charge is -2.36. The van der Waals surface area contributed by atoms with E-state index in [2.05, 4.69) is 11.8 Å². The van der Waals surface area contributed by atoms with E-state index in [4.69, 9.17) is 4.74 Å². The zero-order valence-corrected chi connectivity index (χ0v) is 14.6. The van der Waals surface area contributed by atoms with Gasteiger partial charge in [-0.15, -0.1) is 0 Å². The molecule has 132 valence electrons. The number of rotatable bonds is 5. The fraction of sp³-hybridized carbons (Fsp3) is 0.650. The molecule has 1 saturated heterocycles. The summed E-state index contributed by atoms with van der Waals surface area (Å²) in [6, 6.07) is 9.35. The van der Waals surface area contributed by atoms with Crippen molar-refractivity contribution in [1.82, 2.24) is 4.90 Å². The first-order valence-electron chi connectivity index (χ1n) is 9.36. The number of likely N-dealkylation sites (tertiary alicyclic amines) is 1. The average Bonchev–Trinajstić information content (AvgIpc) is 3.17. The molecule has 0 amide bonds. The van der Waals surface area contributed by atoms with E-state index in [9.17, 15) is 9.90 Å².